The minimum absolute atomic E-state index is 0.181. The summed E-state index contributed by atoms with van der Waals surface area (Å²) in [6, 6.07) is 0.448. The van der Waals surface area contributed by atoms with E-state index in [1.165, 1.54) is 0 Å². The van der Waals surface area contributed by atoms with Gasteiger partial charge in [0.15, 0.2) is 0 Å². The molecule has 1 aromatic heterocycles. The molecule has 0 bridgehead atoms. The second-order valence-corrected chi connectivity index (χ2v) is 4.84. The van der Waals surface area contributed by atoms with Crippen molar-refractivity contribution in [1.82, 2.24) is 9.55 Å². The molecular weight excluding hydrogens is 190 g/mol. The fourth-order valence-corrected chi connectivity index (χ4v) is 2.19. The maximum Gasteiger partial charge on any atom is 0.202 e. The molecule has 4 heteroatoms. The minimum atomic E-state index is 0.181. The summed E-state index contributed by atoms with van der Waals surface area (Å²) in [7, 11) is 3.78. The number of aromatic nitrogens is 2. The van der Waals surface area contributed by atoms with Crippen LogP contribution in [0.15, 0.2) is 12.4 Å². The molecule has 0 amide bonds. The van der Waals surface area contributed by atoms with Gasteiger partial charge in [-0.1, -0.05) is 13.8 Å². The number of methoxy groups -OCH3 is 1. The van der Waals surface area contributed by atoms with Crippen LogP contribution >= 0.6 is 0 Å². The lowest BCUT2D eigenvalue weighted by Crippen LogP contribution is -2.57. The summed E-state index contributed by atoms with van der Waals surface area (Å²) >= 11 is 0. The molecule has 0 spiro atoms. The van der Waals surface area contributed by atoms with Crippen LogP contribution in [0.1, 0.15) is 20.3 Å². The molecule has 1 heterocycles. The molecule has 1 aliphatic carbocycles. The predicted molar refractivity (Wildman–Crippen MR) is 59.8 cm³/mol. The van der Waals surface area contributed by atoms with Crippen molar-refractivity contribution in [1.29, 1.82) is 0 Å². The van der Waals surface area contributed by atoms with Crippen molar-refractivity contribution >= 4 is 5.95 Å². The highest BCUT2D eigenvalue weighted by Gasteiger charge is 2.48. The molecule has 15 heavy (non-hydrogen) atoms. The Labute approximate surface area is 90.6 Å². The molecular formula is C11H19N3O. The molecule has 84 valence electrons. The van der Waals surface area contributed by atoms with E-state index >= 15 is 0 Å². The first-order valence-electron chi connectivity index (χ1n) is 5.32. The minimum Gasteiger partial charge on any atom is -0.381 e. The van der Waals surface area contributed by atoms with E-state index < -0.39 is 0 Å². The van der Waals surface area contributed by atoms with Crippen molar-refractivity contribution in [2.24, 2.45) is 12.5 Å². The van der Waals surface area contributed by atoms with Gasteiger partial charge in [-0.3, -0.25) is 0 Å². The van der Waals surface area contributed by atoms with Gasteiger partial charge in [0.1, 0.15) is 0 Å². The largest absolute Gasteiger partial charge is 0.381 e. The van der Waals surface area contributed by atoms with Gasteiger partial charge in [-0.25, -0.2) is 4.98 Å². The first kappa shape index (κ1) is 10.5. The van der Waals surface area contributed by atoms with Gasteiger partial charge in [0.2, 0.25) is 5.95 Å². The molecule has 1 saturated carbocycles. The quantitative estimate of drug-likeness (QED) is 0.822. The average Bonchev–Trinajstić information content (AvgIpc) is 2.58. The monoisotopic (exact) mass is 209 g/mol. The van der Waals surface area contributed by atoms with Crippen LogP contribution < -0.4 is 5.32 Å². The number of nitrogens with zero attached hydrogens (tertiary/aromatic N) is 2. The van der Waals surface area contributed by atoms with E-state index in [-0.39, 0.29) is 5.41 Å². The van der Waals surface area contributed by atoms with E-state index in [9.17, 15) is 0 Å². The van der Waals surface area contributed by atoms with Gasteiger partial charge in [-0.05, 0) is 6.42 Å². The van der Waals surface area contributed by atoms with Crippen LogP contribution in [0.4, 0.5) is 5.95 Å². The van der Waals surface area contributed by atoms with Crippen LogP contribution in [-0.4, -0.2) is 28.8 Å². The second kappa shape index (κ2) is 3.52. The molecule has 1 fully saturated rings. The molecule has 2 unspecified atom stereocenters. The van der Waals surface area contributed by atoms with Gasteiger partial charge < -0.3 is 14.6 Å². The summed E-state index contributed by atoms with van der Waals surface area (Å²) in [4.78, 5) is 4.27. The number of nitrogens with one attached hydrogen (secondary N) is 1. The van der Waals surface area contributed by atoms with E-state index in [2.05, 4.69) is 24.1 Å². The van der Waals surface area contributed by atoms with E-state index in [1.807, 2.05) is 24.0 Å². The van der Waals surface area contributed by atoms with E-state index in [1.54, 1.807) is 7.11 Å². The fourth-order valence-electron chi connectivity index (χ4n) is 2.19. The zero-order chi connectivity index (χ0) is 11.1. The third-order valence-electron chi connectivity index (χ3n) is 3.59. The fraction of sp³-hybridized carbons (Fsp3) is 0.727. The van der Waals surface area contributed by atoms with Crippen LogP contribution in [-0.2, 0) is 11.8 Å². The maximum atomic E-state index is 5.41. The summed E-state index contributed by atoms with van der Waals surface area (Å²) in [5.74, 6) is 0.933. The number of hydrogen-bond donors (Lipinski definition) is 1. The Hall–Kier alpha value is -1.03. The Kier molecular flexibility index (Phi) is 2.46. The summed E-state index contributed by atoms with van der Waals surface area (Å²) in [6.07, 6.45) is 5.16. The molecule has 1 aliphatic rings. The molecule has 2 atom stereocenters. The van der Waals surface area contributed by atoms with Crippen LogP contribution in [0.5, 0.6) is 0 Å². The first-order chi connectivity index (χ1) is 7.05. The van der Waals surface area contributed by atoms with Gasteiger partial charge in [-0.2, -0.15) is 0 Å². The van der Waals surface area contributed by atoms with Crippen LogP contribution in [0.25, 0.3) is 0 Å². The number of aryl methyl sites for hydroxylation is 1. The highest BCUT2D eigenvalue weighted by Crippen LogP contribution is 2.43. The Bertz CT molecular complexity index is 345. The smallest absolute Gasteiger partial charge is 0.202 e. The Morgan fingerprint density at radius 3 is 2.80 bits per heavy atom. The molecule has 1 N–H and O–H groups in total. The van der Waals surface area contributed by atoms with E-state index in [0.717, 1.165) is 12.4 Å². The first-order valence-corrected chi connectivity index (χ1v) is 5.32. The lowest BCUT2D eigenvalue weighted by atomic mass is 9.64. The van der Waals surface area contributed by atoms with Crippen LogP contribution in [0.2, 0.25) is 0 Å². The summed E-state index contributed by atoms with van der Waals surface area (Å²) in [5.41, 5.74) is 0.181. The standard InChI is InChI=1S/C11H19N3O/c1-11(2)8(7-9(11)15-4)13-10-12-5-6-14(10)3/h5-6,8-9H,7H2,1-4H3,(H,12,13). The highest BCUT2D eigenvalue weighted by molar-refractivity contribution is 5.30. The SMILES string of the molecule is COC1CC(Nc2nccn2C)C1(C)C. The number of ether oxygens (including phenoxy) is 1. The van der Waals surface area contributed by atoms with Gasteiger partial charge >= 0.3 is 0 Å². The zero-order valence-electron chi connectivity index (χ0n) is 9.82. The Balaban J connectivity index is 2.01. The zero-order valence-corrected chi connectivity index (χ0v) is 9.82. The van der Waals surface area contributed by atoms with Crippen LogP contribution in [0, 0.1) is 5.41 Å². The topological polar surface area (TPSA) is 39.1 Å². The molecule has 1 aromatic rings. The van der Waals surface area contributed by atoms with Crippen LogP contribution in [0.3, 0.4) is 0 Å². The van der Waals surface area contributed by atoms with Gasteiger partial charge in [-0.15, -0.1) is 0 Å². The third kappa shape index (κ3) is 1.63. The third-order valence-corrected chi connectivity index (χ3v) is 3.59. The van der Waals surface area contributed by atoms with E-state index in [0.29, 0.717) is 12.1 Å². The van der Waals surface area contributed by atoms with Gasteiger partial charge in [0, 0.05) is 38.0 Å². The molecule has 0 saturated heterocycles. The number of hydrogen-bond acceptors (Lipinski definition) is 3. The number of anilines is 1. The molecule has 0 radical (unpaired) electrons. The lowest BCUT2D eigenvalue weighted by Gasteiger charge is -2.51. The van der Waals surface area contributed by atoms with Crippen molar-refractivity contribution in [3.05, 3.63) is 12.4 Å². The van der Waals surface area contributed by atoms with Crippen molar-refractivity contribution < 1.29 is 4.74 Å². The lowest BCUT2D eigenvalue weighted by molar-refractivity contribution is -0.0797. The Morgan fingerprint density at radius 1 is 1.60 bits per heavy atom. The Morgan fingerprint density at radius 2 is 2.33 bits per heavy atom. The second-order valence-electron chi connectivity index (χ2n) is 4.84. The molecule has 0 aromatic carbocycles. The molecule has 4 nitrogen and oxygen atoms in total. The predicted octanol–water partition coefficient (Wildman–Crippen LogP) is 1.65. The summed E-state index contributed by atoms with van der Waals surface area (Å²) in [6.45, 7) is 4.45. The van der Waals surface area contributed by atoms with Gasteiger partial charge in [0.25, 0.3) is 0 Å². The van der Waals surface area contributed by atoms with Crippen molar-refractivity contribution in [2.75, 3.05) is 12.4 Å². The highest BCUT2D eigenvalue weighted by atomic mass is 16.5. The van der Waals surface area contributed by atoms with E-state index in [4.69, 9.17) is 4.74 Å². The number of rotatable bonds is 3. The van der Waals surface area contributed by atoms with Crippen molar-refractivity contribution in [3.8, 4) is 0 Å². The summed E-state index contributed by atoms with van der Waals surface area (Å²) in [5, 5.41) is 3.45. The van der Waals surface area contributed by atoms with Gasteiger partial charge in [0.05, 0.1) is 6.10 Å². The van der Waals surface area contributed by atoms with Crippen molar-refractivity contribution in [3.63, 3.8) is 0 Å². The maximum absolute atomic E-state index is 5.41. The average molecular weight is 209 g/mol. The molecule has 2 rings (SSSR count). The summed E-state index contributed by atoms with van der Waals surface area (Å²) < 4.78 is 7.41. The molecule has 0 aliphatic heterocycles. The van der Waals surface area contributed by atoms with Crippen molar-refractivity contribution in [2.45, 2.75) is 32.4 Å². The number of imidazole rings is 1. The normalized spacial score (nSPS) is 28.5.